The second-order valence-electron chi connectivity index (χ2n) is 10.5. The summed E-state index contributed by atoms with van der Waals surface area (Å²) in [7, 11) is -5.46. The van der Waals surface area contributed by atoms with Crippen molar-refractivity contribution < 1.29 is 36.2 Å². The topological polar surface area (TPSA) is 129 Å². The van der Waals surface area contributed by atoms with Crippen molar-refractivity contribution in [3.05, 3.63) is 104 Å². The van der Waals surface area contributed by atoms with Crippen molar-refractivity contribution in [2.75, 3.05) is 25.0 Å². The van der Waals surface area contributed by atoms with Crippen LogP contribution in [0.25, 0.3) is 10.9 Å². The number of carbonyl (C=O) groups is 1. The fourth-order valence-corrected chi connectivity index (χ4v) is 6.62. The number of hydrogen-bond donors (Lipinski definition) is 3. The molecular formula is C30H26Cl2F3N3O6S. The highest BCUT2D eigenvalue weighted by Crippen LogP contribution is 2.39. The van der Waals surface area contributed by atoms with Crippen LogP contribution in [0.3, 0.4) is 0 Å². The van der Waals surface area contributed by atoms with E-state index in [9.17, 15) is 36.3 Å². The second-order valence-corrected chi connectivity index (χ2v) is 13.3. The van der Waals surface area contributed by atoms with E-state index in [-0.39, 0.29) is 37.2 Å². The Hall–Kier alpha value is -3.78. The Bertz CT molecular complexity index is 1830. The van der Waals surface area contributed by atoms with Crippen molar-refractivity contribution in [2.45, 2.75) is 30.3 Å². The molecule has 2 heterocycles. The van der Waals surface area contributed by atoms with Gasteiger partial charge < -0.3 is 20.1 Å². The fraction of sp³-hybridized carbons (Fsp3) is 0.267. The number of H-pyrrole nitrogens is 1. The van der Waals surface area contributed by atoms with Gasteiger partial charge in [-0.2, -0.15) is 17.5 Å². The lowest BCUT2D eigenvalue weighted by atomic mass is 9.84. The summed E-state index contributed by atoms with van der Waals surface area (Å²) in [6.45, 7) is -1.43. The van der Waals surface area contributed by atoms with Gasteiger partial charge in [0.05, 0.1) is 5.52 Å². The van der Waals surface area contributed by atoms with Crippen molar-refractivity contribution in [1.29, 1.82) is 0 Å². The van der Waals surface area contributed by atoms with Crippen LogP contribution >= 0.6 is 23.2 Å². The van der Waals surface area contributed by atoms with Gasteiger partial charge in [-0.25, -0.2) is 13.2 Å². The van der Waals surface area contributed by atoms with Crippen LogP contribution in [0.2, 0.25) is 10.0 Å². The maximum absolute atomic E-state index is 13.1. The molecular weight excluding hydrogens is 658 g/mol. The number of fused-ring (bicyclic) bond motifs is 1. The molecule has 45 heavy (non-hydrogen) atoms. The highest BCUT2D eigenvalue weighted by molar-refractivity contribution is 7.90. The summed E-state index contributed by atoms with van der Waals surface area (Å²) >= 11 is 12.3. The van der Waals surface area contributed by atoms with Crippen LogP contribution in [-0.2, 0) is 14.8 Å². The van der Waals surface area contributed by atoms with Gasteiger partial charge in [0.1, 0.15) is 5.75 Å². The van der Waals surface area contributed by atoms with E-state index in [4.69, 9.17) is 27.9 Å². The van der Waals surface area contributed by atoms with Gasteiger partial charge in [0.2, 0.25) is 0 Å². The van der Waals surface area contributed by atoms with Crippen LogP contribution in [-0.4, -0.2) is 60.0 Å². The van der Waals surface area contributed by atoms with E-state index in [0.29, 0.717) is 31.0 Å². The smallest absolute Gasteiger partial charge is 0.480 e. The van der Waals surface area contributed by atoms with Gasteiger partial charge in [-0.15, -0.1) is 0 Å². The number of aromatic amines is 1. The number of anilines is 1. The van der Waals surface area contributed by atoms with Crippen molar-refractivity contribution in [3.63, 3.8) is 0 Å². The number of sulfonamides is 1. The molecule has 3 aromatic carbocycles. The number of aliphatic carboxylic acids is 1. The Labute approximate surface area is 265 Å². The summed E-state index contributed by atoms with van der Waals surface area (Å²) in [5.41, 5.74) is -3.08. The summed E-state index contributed by atoms with van der Waals surface area (Å²) in [5, 5.41) is 14.0. The number of halogens is 5. The summed E-state index contributed by atoms with van der Waals surface area (Å²) in [4.78, 5) is 26.9. The molecule has 238 valence electrons. The molecule has 1 aromatic heterocycles. The summed E-state index contributed by atoms with van der Waals surface area (Å²) in [6.07, 6.45) is 0.0910. The Kier molecular flexibility index (Phi) is 9.36. The number of ether oxygens (including phenoxy) is 1. The van der Waals surface area contributed by atoms with Gasteiger partial charge in [-0.1, -0.05) is 47.5 Å². The Balaban J connectivity index is 1.60. The molecule has 0 radical (unpaired) electrons. The quantitative estimate of drug-likeness (QED) is 0.179. The largest absolute Gasteiger partial charge is 0.511 e. The minimum atomic E-state index is -5.46. The van der Waals surface area contributed by atoms with Crippen molar-refractivity contribution in [3.8, 4) is 5.75 Å². The molecule has 0 atom stereocenters. The SMILES string of the molecule is O=C(O)COc1cc(C(c2ccc(Cl)cc2)c2ccc(Cl)cc2)cc2c(NC3CCN(S(=O)(=O)C(F)(F)F)CC3)cc(=O)[nH]c12. The number of rotatable bonds is 9. The lowest BCUT2D eigenvalue weighted by Crippen LogP contribution is -2.47. The molecule has 4 aromatic rings. The molecule has 0 aliphatic carbocycles. The molecule has 1 saturated heterocycles. The minimum absolute atomic E-state index is 0.0455. The first-order valence-corrected chi connectivity index (χ1v) is 15.8. The van der Waals surface area contributed by atoms with Crippen molar-refractivity contribution in [1.82, 2.24) is 9.29 Å². The maximum Gasteiger partial charge on any atom is 0.511 e. The Morgan fingerprint density at radius 1 is 0.978 bits per heavy atom. The number of nitrogens with one attached hydrogen (secondary N) is 2. The first-order chi connectivity index (χ1) is 21.2. The fourth-order valence-electron chi connectivity index (χ4n) is 5.38. The zero-order valence-electron chi connectivity index (χ0n) is 23.3. The highest BCUT2D eigenvalue weighted by atomic mass is 35.5. The lowest BCUT2D eigenvalue weighted by Gasteiger charge is -2.32. The van der Waals surface area contributed by atoms with Crippen molar-refractivity contribution >= 4 is 55.8 Å². The molecule has 5 rings (SSSR count). The Morgan fingerprint density at radius 3 is 2.04 bits per heavy atom. The molecule has 3 N–H and O–H groups in total. The van der Waals surface area contributed by atoms with Gasteiger partial charge in [0.15, 0.2) is 6.61 Å². The third-order valence-corrected chi connectivity index (χ3v) is 9.61. The molecule has 0 amide bonds. The lowest BCUT2D eigenvalue weighted by molar-refractivity contribution is -0.139. The van der Waals surface area contributed by atoms with Crippen LogP contribution < -0.4 is 15.6 Å². The first-order valence-electron chi connectivity index (χ1n) is 13.6. The van der Waals surface area contributed by atoms with Crippen LogP contribution in [0.4, 0.5) is 18.9 Å². The van der Waals surface area contributed by atoms with Crippen LogP contribution in [0, 0.1) is 0 Å². The molecule has 9 nitrogen and oxygen atoms in total. The number of alkyl halides is 3. The predicted molar refractivity (Wildman–Crippen MR) is 165 cm³/mol. The number of hydrogen-bond acceptors (Lipinski definition) is 6. The van der Waals surface area contributed by atoms with Gasteiger partial charge in [-0.05, 0) is 65.9 Å². The third-order valence-electron chi connectivity index (χ3n) is 7.48. The maximum atomic E-state index is 13.1. The van der Waals surface area contributed by atoms with E-state index < -0.39 is 45.6 Å². The van der Waals surface area contributed by atoms with E-state index in [0.717, 1.165) is 11.1 Å². The zero-order valence-corrected chi connectivity index (χ0v) is 25.6. The predicted octanol–water partition coefficient (Wildman–Crippen LogP) is 6.20. The number of nitrogens with zero attached hydrogens (tertiary/aromatic N) is 1. The molecule has 1 aliphatic heterocycles. The number of carboxylic acid groups (broad SMARTS) is 1. The van der Waals surface area contributed by atoms with Crippen LogP contribution in [0.1, 0.15) is 35.4 Å². The standard InChI is InChI=1S/C30H26Cl2F3N3O6S/c31-20-5-1-17(2-6-20)28(18-3-7-21(32)8-4-18)19-13-23-24(15-26(39)37-29(23)25(14-19)44-16-27(40)41)36-22-9-11-38(12-10-22)45(42,43)30(33,34)35/h1-8,13-15,22,28H,9-12,16H2,(H,40,41)(H2,36,37,39). The van der Waals surface area contributed by atoms with Gasteiger partial charge >= 0.3 is 21.5 Å². The van der Waals surface area contributed by atoms with Crippen molar-refractivity contribution in [2.24, 2.45) is 0 Å². The second kappa shape index (κ2) is 12.9. The monoisotopic (exact) mass is 683 g/mol. The summed E-state index contributed by atoms with van der Waals surface area (Å²) in [5.74, 6) is -1.57. The van der Waals surface area contributed by atoms with E-state index in [2.05, 4.69) is 10.3 Å². The van der Waals surface area contributed by atoms with E-state index in [1.165, 1.54) is 6.07 Å². The highest BCUT2D eigenvalue weighted by Gasteiger charge is 2.50. The van der Waals surface area contributed by atoms with Gasteiger partial charge in [0, 0.05) is 52.2 Å². The number of aromatic nitrogens is 1. The minimum Gasteiger partial charge on any atom is -0.480 e. The molecule has 1 aliphatic rings. The molecule has 15 heteroatoms. The molecule has 0 saturated carbocycles. The van der Waals surface area contributed by atoms with E-state index in [1.807, 2.05) is 24.3 Å². The molecule has 0 unspecified atom stereocenters. The summed E-state index contributed by atoms with van der Waals surface area (Å²) in [6, 6.07) is 18.6. The van der Waals surface area contributed by atoms with E-state index in [1.54, 1.807) is 36.4 Å². The zero-order chi connectivity index (χ0) is 32.5. The molecule has 0 bridgehead atoms. The average Bonchev–Trinajstić information content (AvgIpc) is 2.98. The number of pyridine rings is 1. The van der Waals surface area contributed by atoms with Crippen LogP contribution in [0.5, 0.6) is 5.75 Å². The third kappa shape index (κ3) is 7.22. The number of piperidine rings is 1. The number of carboxylic acids is 1. The summed E-state index contributed by atoms with van der Waals surface area (Å²) < 4.78 is 69.0. The molecule has 0 spiro atoms. The van der Waals surface area contributed by atoms with Gasteiger partial charge in [0.25, 0.3) is 5.56 Å². The van der Waals surface area contributed by atoms with E-state index >= 15 is 0 Å². The van der Waals surface area contributed by atoms with Gasteiger partial charge in [-0.3, -0.25) is 4.79 Å². The normalized spacial score (nSPS) is 15.0. The first kappa shape index (κ1) is 32.6. The average molecular weight is 685 g/mol. The Morgan fingerprint density at radius 2 is 1.53 bits per heavy atom. The van der Waals surface area contributed by atoms with Crippen LogP contribution in [0.15, 0.2) is 71.5 Å². The number of benzene rings is 3. The molecule has 1 fully saturated rings.